The van der Waals surface area contributed by atoms with Gasteiger partial charge in [-0.2, -0.15) is 9.97 Å². The predicted molar refractivity (Wildman–Crippen MR) is 160 cm³/mol. The number of aromatic nitrogens is 4. The van der Waals surface area contributed by atoms with E-state index >= 15 is 0 Å². The van der Waals surface area contributed by atoms with Gasteiger partial charge in [0, 0.05) is 6.54 Å². The second kappa shape index (κ2) is 13.5. The summed E-state index contributed by atoms with van der Waals surface area (Å²) in [7, 11) is 0. The van der Waals surface area contributed by atoms with Crippen LogP contribution >= 0.6 is 0 Å². The van der Waals surface area contributed by atoms with Crippen molar-refractivity contribution in [2.24, 2.45) is 5.92 Å². The van der Waals surface area contributed by atoms with Crippen LogP contribution in [0.1, 0.15) is 49.3 Å². The lowest BCUT2D eigenvalue weighted by atomic mass is 9.97. The summed E-state index contributed by atoms with van der Waals surface area (Å²) in [5, 5.41) is 9.01. The van der Waals surface area contributed by atoms with Gasteiger partial charge in [-0.15, -0.1) is 0 Å². The summed E-state index contributed by atoms with van der Waals surface area (Å²) in [6, 6.07) is 15.8. The molecule has 1 aliphatic heterocycles. The molecule has 0 bridgehead atoms. The Bertz CT molecular complexity index is 1560. The number of hydrogen-bond donors (Lipinski definition) is 3. The van der Waals surface area contributed by atoms with Crippen molar-refractivity contribution in [3.05, 3.63) is 75.7 Å². The van der Waals surface area contributed by atoms with Crippen LogP contribution in [0.15, 0.2) is 53.3 Å². The SMILES string of the molecule is CCCCOc1nc(N)c2[nH]c(=O)n(Cc3ccc(CN4CCC(COc5cccc(CC(=O)O)c5)CC4)cc3)c2n1. The smallest absolute Gasteiger partial charge is 0.328 e. The van der Waals surface area contributed by atoms with Crippen molar-refractivity contribution in [1.29, 1.82) is 0 Å². The van der Waals surface area contributed by atoms with E-state index in [1.54, 1.807) is 10.6 Å². The summed E-state index contributed by atoms with van der Waals surface area (Å²) in [6.07, 6.45) is 3.96. The van der Waals surface area contributed by atoms with Crippen LogP contribution in [-0.4, -0.2) is 61.8 Å². The lowest BCUT2D eigenvalue weighted by Gasteiger charge is -2.32. The Morgan fingerprint density at radius 1 is 1.05 bits per heavy atom. The van der Waals surface area contributed by atoms with Crippen LogP contribution in [0.5, 0.6) is 11.8 Å². The van der Waals surface area contributed by atoms with Gasteiger partial charge >= 0.3 is 17.7 Å². The van der Waals surface area contributed by atoms with E-state index in [1.165, 1.54) is 5.56 Å². The standard InChI is InChI=1S/C31H38N6O5/c1-2-3-15-41-30-34-28(32)27-29(35-30)37(31(40)33-27)19-22-9-7-21(8-10-22)18-36-13-11-23(12-14-36)20-42-25-6-4-5-24(16-25)17-26(38)39/h4-10,16,23H,2-3,11-15,17-20H2,1H3,(H,33,40)(H,38,39)(H2,32,34,35). The van der Waals surface area contributed by atoms with E-state index in [0.717, 1.165) is 62.2 Å². The first kappa shape index (κ1) is 29.1. The molecule has 222 valence electrons. The molecule has 0 saturated carbocycles. The average Bonchev–Trinajstić information content (AvgIpc) is 3.29. The summed E-state index contributed by atoms with van der Waals surface area (Å²) in [5.74, 6) is 0.541. The number of nitrogens with one attached hydrogen (secondary N) is 1. The molecule has 0 radical (unpaired) electrons. The van der Waals surface area contributed by atoms with Gasteiger partial charge in [0.1, 0.15) is 11.3 Å². The van der Waals surface area contributed by atoms with E-state index in [4.69, 9.17) is 20.3 Å². The number of nitrogens with two attached hydrogens (primary N) is 1. The number of aromatic amines is 1. The summed E-state index contributed by atoms with van der Waals surface area (Å²) < 4.78 is 13.2. The zero-order chi connectivity index (χ0) is 29.5. The summed E-state index contributed by atoms with van der Waals surface area (Å²) >= 11 is 0. The van der Waals surface area contributed by atoms with E-state index in [2.05, 4.69) is 38.9 Å². The molecule has 11 heteroatoms. The number of H-pyrrole nitrogens is 1. The van der Waals surface area contributed by atoms with Gasteiger partial charge in [0.05, 0.1) is 26.2 Å². The Morgan fingerprint density at radius 3 is 2.50 bits per heavy atom. The van der Waals surface area contributed by atoms with E-state index in [9.17, 15) is 9.59 Å². The third-order valence-electron chi connectivity index (χ3n) is 7.58. The minimum Gasteiger partial charge on any atom is -0.493 e. The Balaban J connectivity index is 1.13. The number of hydrogen-bond acceptors (Lipinski definition) is 8. The maximum absolute atomic E-state index is 12.7. The lowest BCUT2D eigenvalue weighted by Crippen LogP contribution is -2.35. The molecule has 1 aliphatic rings. The van der Waals surface area contributed by atoms with Crippen LogP contribution in [-0.2, 0) is 24.3 Å². The number of ether oxygens (including phenoxy) is 2. The van der Waals surface area contributed by atoms with Crippen molar-refractivity contribution in [3.8, 4) is 11.8 Å². The minimum atomic E-state index is -0.846. The second-order valence-electron chi connectivity index (χ2n) is 10.9. The number of carboxylic acid groups (broad SMARTS) is 1. The van der Waals surface area contributed by atoms with Crippen LogP contribution in [0.4, 0.5) is 5.82 Å². The first-order valence-electron chi connectivity index (χ1n) is 14.5. The first-order valence-corrected chi connectivity index (χ1v) is 14.5. The van der Waals surface area contributed by atoms with Gasteiger partial charge in [-0.25, -0.2) is 4.79 Å². The number of piperidine rings is 1. The molecule has 1 fully saturated rings. The van der Waals surface area contributed by atoms with E-state index in [1.807, 2.05) is 30.3 Å². The quantitative estimate of drug-likeness (QED) is 0.203. The number of carbonyl (C=O) groups is 1. The molecule has 1 saturated heterocycles. The maximum atomic E-state index is 12.7. The monoisotopic (exact) mass is 574 g/mol. The summed E-state index contributed by atoms with van der Waals surface area (Å²) in [6.45, 7) is 6.40. The van der Waals surface area contributed by atoms with Crippen LogP contribution in [0.25, 0.3) is 11.2 Å². The molecule has 42 heavy (non-hydrogen) atoms. The van der Waals surface area contributed by atoms with E-state index < -0.39 is 5.97 Å². The molecule has 0 amide bonds. The first-order chi connectivity index (χ1) is 20.4. The number of fused-ring (bicyclic) bond motifs is 1. The van der Waals surface area contributed by atoms with Crippen molar-refractivity contribution in [2.45, 2.75) is 52.1 Å². The summed E-state index contributed by atoms with van der Waals surface area (Å²) in [5.41, 5.74) is 9.57. The average molecular weight is 575 g/mol. The van der Waals surface area contributed by atoms with Gasteiger partial charge in [-0.05, 0) is 67.1 Å². The third-order valence-corrected chi connectivity index (χ3v) is 7.58. The fraction of sp³-hybridized carbons (Fsp3) is 0.419. The molecule has 4 N–H and O–H groups in total. The van der Waals surface area contributed by atoms with Crippen molar-refractivity contribution < 1.29 is 19.4 Å². The van der Waals surface area contributed by atoms with Crippen molar-refractivity contribution >= 4 is 23.0 Å². The number of rotatable bonds is 13. The van der Waals surface area contributed by atoms with Gasteiger partial charge in [0.25, 0.3) is 0 Å². The van der Waals surface area contributed by atoms with E-state index in [0.29, 0.717) is 36.8 Å². The number of nitrogens with zero attached hydrogens (tertiary/aromatic N) is 4. The number of likely N-dealkylation sites (tertiary alicyclic amines) is 1. The lowest BCUT2D eigenvalue weighted by molar-refractivity contribution is -0.136. The number of aliphatic carboxylic acids is 1. The van der Waals surface area contributed by atoms with Gasteiger partial charge in [-0.3, -0.25) is 14.3 Å². The van der Waals surface area contributed by atoms with Crippen LogP contribution in [0.3, 0.4) is 0 Å². The molecular formula is C31H38N6O5. The second-order valence-corrected chi connectivity index (χ2v) is 10.9. The number of benzene rings is 2. The fourth-order valence-corrected chi connectivity index (χ4v) is 5.19. The van der Waals surface area contributed by atoms with Crippen LogP contribution in [0, 0.1) is 5.92 Å². The molecule has 5 rings (SSSR count). The number of carboxylic acids is 1. The molecule has 11 nitrogen and oxygen atoms in total. The Morgan fingerprint density at radius 2 is 1.79 bits per heavy atom. The van der Waals surface area contributed by atoms with E-state index in [-0.39, 0.29) is 23.9 Å². The Kier molecular flexibility index (Phi) is 9.38. The van der Waals surface area contributed by atoms with Crippen molar-refractivity contribution in [3.63, 3.8) is 0 Å². The summed E-state index contributed by atoms with van der Waals surface area (Å²) in [4.78, 5) is 37.5. The number of anilines is 1. The molecule has 0 unspecified atom stereocenters. The molecular weight excluding hydrogens is 536 g/mol. The molecule has 0 atom stereocenters. The molecule has 2 aromatic carbocycles. The highest BCUT2D eigenvalue weighted by atomic mass is 16.5. The Labute approximate surface area is 244 Å². The molecule has 4 aromatic rings. The zero-order valence-corrected chi connectivity index (χ0v) is 23.9. The van der Waals surface area contributed by atoms with Crippen LogP contribution in [0.2, 0.25) is 0 Å². The van der Waals surface area contributed by atoms with Crippen molar-refractivity contribution in [1.82, 2.24) is 24.4 Å². The highest BCUT2D eigenvalue weighted by Crippen LogP contribution is 2.23. The highest BCUT2D eigenvalue weighted by Gasteiger charge is 2.20. The fourth-order valence-electron chi connectivity index (χ4n) is 5.19. The number of nitrogen functional groups attached to an aromatic ring is 1. The van der Waals surface area contributed by atoms with Gasteiger partial charge < -0.3 is 25.3 Å². The van der Waals surface area contributed by atoms with Gasteiger partial charge in [-0.1, -0.05) is 49.7 Å². The van der Waals surface area contributed by atoms with Gasteiger partial charge in [0.15, 0.2) is 11.5 Å². The maximum Gasteiger partial charge on any atom is 0.328 e. The topological polar surface area (TPSA) is 149 Å². The molecule has 0 aliphatic carbocycles. The van der Waals surface area contributed by atoms with Gasteiger partial charge in [0.2, 0.25) is 0 Å². The normalized spacial score (nSPS) is 14.3. The molecule has 0 spiro atoms. The van der Waals surface area contributed by atoms with Crippen LogP contribution < -0.4 is 20.9 Å². The molecule has 2 aromatic heterocycles. The highest BCUT2D eigenvalue weighted by molar-refractivity contribution is 5.82. The Hall–Kier alpha value is -4.38. The molecule has 3 heterocycles. The zero-order valence-electron chi connectivity index (χ0n) is 23.9. The van der Waals surface area contributed by atoms with Crippen molar-refractivity contribution in [2.75, 3.05) is 32.0 Å². The predicted octanol–water partition coefficient (Wildman–Crippen LogP) is 3.85. The largest absolute Gasteiger partial charge is 0.493 e. The third kappa shape index (κ3) is 7.47. The minimum absolute atomic E-state index is 0.00236. The number of imidazole rings is 1. The number of unbranched alkanes of at least 4 members (excludes halogenated alkanes) is 1.